The van der Waals surface area contributed by atoms with Crippen molar-refractivity contribution in [3.8, 4) is 9.75 Å². The summed E-state index contributed by atoms with van der Waals surface area (Å²) in [5, 5.41) is 2.14. The number of hydrogen-bond donors (Lipinski definition) is 0. The fraction of sp³-hybridized carbons (Fsp3) is 0.167. The second-order valence-electron chi connectivity index (χ2n) is 3.41. The standard InChI is InChI=1S/C12H10S2/c1-3-9(4-1)10-6-7-12(14-10)11-5-2-8-13-11/h2-3,5-8H,1,4H2. The van der Waals surface area contributed by atoms with Crippen LogP contribution in [-0.2, 0) is 0 Å². The Kier molecular flexibility index (Phi) is 2.03. The lowest BCUT2D eigenvalue weighted by atomic mass is 9.98. The van der Waals surface area contributed by atoms with Crippen LogP contribution in [0.4, 0.5) is 0 Å². The van der Waals surface area contributed by atoms with Crippen molar-refractivity contribution in [1.82, 2.24) is 0 Å². The summed E-state index contributed by atoms with van der Waals surface area (Å²) in [6, 6.07) is 8.80. The molecule has 14 heavy (non-hydrogen) atoms. The highest BCUT2D eigenvalue weighted by Crippen LogP contribution is 2.38. The van der Waals surface area contributed by atoms with Gasteiger partial charge in [0.15, 0.2) is 0 Å². The zero-order chi connectivity index (χ0) is 9.38. The Morgan fingerprint density at radius 3 is 2.50 bits per heavy atom. The van der Waals surface area contributed by atoms with Crippen LogP contribution in [0.2, 0.25) is 0 Å². The van der Waals surface area contributed by atoms with E-state index < -0.39 is 0 Å². The van der Waals surface area contributed by atoms with Gasteiger partial charge in [0.25, 0.3) is 0 Å². The Hall–Kier alpha value is -0.860. The largest absolute Gasteiger partial charge is 0.143 e. The molecule has 0 aromatic carbocycles. The molecule has 2 heterocycles. The van der Waals surface area contributed by atoms with Crippen LogP contribution in [0.3, 0.4) is 0 Å². The van der Waals surface area contributed by atoms with Crippen molar-refractivity contribution in [2.24, 2.45) is 0 Å². The van der Waals surface area contributed by atoms with E-state index >= 15 is 0 Å². The molecule has 0 spiro atoms. The van der Waals surface area contributed by atoms with Crippen LogP contribution >= 0.6 is 22.7 Å². The van der Waals surface area contributed by atoms with Crippen LogP contribution in [0.25, 0.3) is 15.3 Å². The summed E-state index contributed by atoms with van der Waals surface area (Å²) in [6.45, 7) is 0. The first-order chi connectivity index (χ1) is 6.93. The van der Waals surface area contributed by atoms with Gasteiger partial charge in [-0.05, 0) is 42.0 Å². The van der Waals surface area contributed by atoms with Gasteiger partial charge in [0, 0.05) is 14.6 Å². The van der Waals surface area contributed by atoms with Gasteiger partial charge < -0.3 is 0 Å². The second kappa shape index (κ2) is 3.37. The van der Waals surface area contributed by atoms with E-state index in [1.807, 2.05) is 22.7 Å². The van der Waals surface area contributed by atoms with Gasteiger partial charge in [-0.15, -0.1) is 22.7 Å². The number of allylic oxidation sites excluding steroid dienone is 2. The Morgan fingerprint density at radius 1 is 1.00 bits per heavy atom. The van der Waals surface area contributed by atoms with E-state index in [1.165, 1.54) is 33.0 Å². The highest BCUT2D eigenvalue weighted by Gasteiger charge is 2.11. The molecule has 0 atom stereocenters. The van der Waals surface area contributed by atoms with Crippen molar-refractivity contribution in [2.45, 2.75) is 12.8 Å². The molecular formula is C12H10S2. The third-order valence-corrected chi connectivity index (χ3v) is 4.72. The third-order valence-electron chi connectivity index (χ3n) is 2.49. The van der Waals surface area contributed by atoms with Crippen LogP contribution in [-0.4, -0.2) is 0 Å². The summed E-state index contributed by atoms with van der Waals surface area (Å²) in [5.41, 5.74) is 1.54. The summed E-state index contributed by atoms with van der Waals surface area (Å²) in [5.74, 6) is 0. The average molecular weight is 218 g/mol. The van der Waals surface area contributed by atoms with Crippen molar-refractivity contribution in [2.75, 3.05) is 0 Å². The van der Waals surface area contributed by atoms with Crippen LogP contribution in [0, 0.1) is 0 Å². The van der Waals surface area contributed by atoms with E-state index in [-0.39, 0.29) is 0 Å². The molecule has 0 saturated heterocycles. The number of hydrogen-bond acceptors (Lipinski definition) is 2. The number of thiophene rings is 2. The van der Waals surface area contributed by atoms with E-state index in [9.17, 15) is 0 Å². The molecule has 0 nitrogen and oxygen atoms in total. The van der Waals surface area contributed by atoms with Gasteiger partial charge in [0.2, 0.25) is 0 Å². The Morgan fingerprint density at radius 2 is 1.86 bits per heavy atom. The minimum absolute atomic E-state index is 1.27. The van der Waals surface area contributed by atoms with Gasteiger partial charge in [0.05, 0.1) is 0 Å². The summed E-state index contributed by atoms with van der Waals surface area (Å²) in [6.07, 6.45) is 4.87. The van der Waals surface area contributed by atoms with E-state index in [0.717, 1.165) is 0 Å². The first kappa shape index (κ1) is 8.45. The summed E-state index contributed by atoms with van der Waals surface area (Å²) < 4.78 is 0. The Labute approximate surface area is 91.5 Å². The monoisotopic (exact) mass is 218 g/mol. The molecule has 2 heteroatoms. The van der Waals surface area contributed by atoms with Crippen LogP contribution in [0.15, 0.2) is 35.7 Å². The molecule has 70 valence electrons. The predicted molar refractivity (Wildman–Crippen MR) is 64.8 cm³/mol. The first-order valence-corrected chi connectivity index (χ1v) is 6.46. The quantitative estimate of drug-likeness (QED) is 0.688. The molecule has 0 amide bonds. The third kappa shape index (κ3) is 1.35. The predicted octanol–water partition coefficient (Wildman–Crippen LogP) is 4.65. The molecule has 0 saturated carbocycles. The molecule has 1 aliphatic carbocycles. The molecule has 3 rings (SSSR count). The van der Waals surface area contributed by atoms with Crippen LogP contribution in [0.1, 0.15) is 17.7 Å². The zero-order valence-electron chi connectivity index (χ0n) is 7.69. The lowest BCUT2D eigenvalue weighted by Gasteiger charge is -2.11. The zero-order valence-corrected chi connectivity index (χ0v) is 9.33. The van der Waals surface area contributed by atoms with Gasteiger partial charge in [-0.3, -0.25) is 0 Å². The highest BCUT2D eigenvalue weighted by atomic mass is 32.1. The molecular weight excluding hydrogens is 208 g/mol. The Balaban J connectivity index is 1.98. The SMILES string of the molecule is C1=C(c2ccc(-c3cccs3)s2)CC1. The minimum Gasteiger partial charge on any atom is -0.143 e. The normalized spacial score (nSPS) is 15.0. The van der Waals surface area contributed by atoms with Crippen molar-refractivity contribution in [1.29, 1.82) is 0 Å². The van der Waals surface area contributed by atoms with E-state index in [4.69, 9.17) is 0 Å². The summed E-state index contributed by atoms with van der Waals surface area (Å²) >= 11 is 3.73. The maximum Gasteiger partial charge on any atom is 0.0449 e. The molecule has 0 radical (unpaired) electrons. The van der Waals surface area contributed by atoms with E-state index in [2.05, 4.69) is 35.7 Å². The summed E-state index contributed by atoms with van der Waals surface area (Å²) in [7, 11) is 0. The minimum atomic E-state index is 1.27. The average Bonchev–Trinajstić information content (AvgIpc) is 2.65. The molecule has 0 aliphatic heterocycles. The van der Waals surface area contributed by atoms with E-state index in [0.29, 0.717) is 0 Å². The van der Waals surface area contributed by atoms with Crippen LogP contribution in [0.5, 0.6) is 0 Å². The van der Waals surface area contributed by atoms with E-state index in [1.54, 1.807) is 0 Å². The summed E-state index contributed by atoms with van der Waals surface area (Å²) in [4.78, 5) is 4.25. The smallest absolute Gasteiger partial charge is 0.0449 e. The van der Waals surface area contributed by atoms with Gasteiger partial charge >= 0.3 is 0 Å². The van der Waals surface area contributed by atoms with Crippen molar-refractivity contribution < 1.29 is 0 Å². The maximum absolute atomic E-state index is 2.34. The second-order valence-corrected chi connectivity index (χ2v) is 5.44. The maximum atomic E-state index is 2.34. The van der Waals surface area contributed by atoms with Gasteiger partial charge in [-0.2, -0.15) is 0 Å². The fourth-order valence-electron chi connectivity index (χ4n) is 1.57. The molecule has 0 unspecified atom stereocenters. The van der Waals surface area contributed by atoms with Crippen LogP contribution < -0.4 is 0 Å². The van der Waals surface area contributed by atoms with Crippen molar-refractivity contribution >= 4 is 28.2 Å². The van der Waals surface area contributed by atoms with Crippen molar-refractivity contribution in [3.63, 3.8) is 0 Å². The molecule has 2 aromatic rings. The lowest BCUT2D eigenvalue weighted by Crippen LogP contribution is -1.88. The van der Waals surface area contributed by atoms with Gasteiger partial charge in [-0.1, -0.05) is 12.1 Å². The fourth-order valence-corrected chi connectivity index (χ4v) is 3.48. The topological polar surface area (TPSA) is 0 Å². The lowest BCUT2D eigenvalue weighted by molar-refractivity contribution is 0.994. The Bertz CT molecular complexity index is 460. The van der Waals surface area contributed by atoms with Gasteiger partial charge in [0.1, 0.15) is 0 Å². The molecule has 0 fully saturated rings. The highest BCUT2D eigenvalue weighted by molar-refractivity contribution is 7.21. The molecule has 0 N–H and O–H groups in total. The van der Waals surface area contributed by atoms with Gasteiger partial charge in [-0.25, -0.2) is 0 Å². The molecule has 2 aromatic heterocycles. The molecule has 0 bridgehead atoms. The number of rotatable bonds is 2. The molecule has 1 aliphatic rings. The van der Waals surface area contributed by atoms with Crippen molar-refractivity contribution in [3.05, 3.63) is 40.6 Å². The first-order valence-electron chi connectivity index (χ1n) is 4.76.